The van der Waals surface area contributed by atoms with Crippen molar-refractivity contribution >= 4 is 5.91 Å². The van der Waals surface area contributed by atoms with Crippen molar-refractivity contribution < 1.29 is 9.32 Å². The molecule has 4 rings (SSSR count). The molecule has 0 saturated heterocycles. The van der Waals surface area contributed by atoms with Crippen LogP contribution in [0.15, 0.2) is 41.4 Å². The summed E-state index contributed by atoms with van der Waals surface area (Å²) in [6.45, 7) is 4.60. The summed E-state index contributed by atoms with van der Waals surface area (Å²) < 4.78 is 5.30. The monoisotopic (exact) mass is 337 g/mol. The van der Waals surface area contributed by atoms with E-state index in [1.807, 2.05) is 26.0 Å². The van der Waals surface area contributed by atoms with Gasteiger partial charge in [0.1, 0.15) is 11.8 Å². The Labute approximate surface area is 145 Å². The molecule has 1 aliphatic heterocycles. The predicted octanol–water partition coefficient (Wildman–Crippen LogP) is 2.70. The van der Waals surface area contributed by atoms with Crippen LogP contribution in [0.1, 0.15) is 59.0 Å². The average Bonchev–Trinajstić information content (AvgIpc) is 3.30. The van der Waals surface area contributed by atoms with Crippen LogP contribution in [0.2, 0.25) is 0 Å². The molecule has 128 valence electrons. The molecule has 4 heterocycles. The highest BCUT2D eigenvalue weighted by atomic mass is 16.5. The number of H-pyrrole nitrogens is 1. The molecule has 1 atom stereocenters. The fraction of sp³-hybridized carbons (Fsp3) is 0.333. The Kier molecular flexibility index (Phi) is 3.83. The van der Waals surface area contributed by atoms with Crippen LogP contribution in [0.3, 0.4) is 0 Å². The van der Waals surface area contributed by atoms with Crippen molar-refractivity contribution in [3.63, 3.8) is 0 Å². The fourth-order valence-electron chi connectivity index (χ4n) is 3.19. The number of amides is 1. The van der Waals surface area contributed by atoms with Crippen molar-refractivity contribution in [3.05, 3.63) is 65.3 Å². The number of rotatable bonds is 3. The highest BCUT2D eigenvalue weighted by Gasteiger charge is 2.35. The first-order valence-corrected chi connectivity index (χ1v) is 8.34. The van der Waals surface area contributed by atoms with E-state index in [-0.39, 0.29) is 17.9 Å². The zero-order valence-corrected chi connectivity index (χ0v) is 14.1. The van der Waals surface area contributed by atoms with Gasteiger partial charge in [-0.15, -0.1) is 0 Å². The highest BCUT2D eigenvalue weighted by molar-refractivity contribution is 5.93. The van der Waals surface area contributed by atoms with E-state index in [1.54, 1.807) is 29.7 Å². The van der Waals surface area contributed by atoms with Crippen LogP contribution in [0, 0.1) is 0 Å². The van der Waals surface area contributed by atoms with Gasteiger partial charge in [0.05, 0.1) is 12.0 Å². The van der Waals surface area contributed by atoms with Gasteiger partial charge in [0.2, 0.25) is 0 Å². The van der Waals surface area contributed by atoms with Crippen molar-refractivity contribution in [2.45, 2.75) is 32.2 Å². The number of carbonyl (C=O) groups excluding carboxylic acids is 1. The van der Waals surface area contributed by atoms with Gasteiger partial charge in [0.25, 0.3) is 5.91 Å². The Bertz CT molecular complexity index is 884. The van der Waals surface area contributed by atoms with Crippen LogP contribution in [0.5, 0.6) is 0 Å². The predicted molar refractivity (Wildman–Crippen MR) is 90.0 cm³/mol. The van der Waals surface area contributed by atoms with Gasteiger partial charge in [-0.2, -0.15) is 0 Å². The van der Waals surface area contributed by atoms with Crippen LogP contribution in [0.25, 0.3) is 0 Å². The number of hydrogen-bond acceptors (Lipinski definition) is 5. The van der Waals surface area contributed by atoms with E-state index in [0.717, 1.165) is 23.4 Å². The van der Waals surface area contributed by atoms with E-state index in [0.29, 0.717) is 18.0 Å². The Hall–Kier alpha value is -2.96. The van der Waals surface area contributed by atoms with Crippen LogP contribution in [-0.4, -0.2) is 37.5 Å². The topological polar surface area (TPSA) is 87.9 Å². The van der Waals surface area contributed by atoms with Crippen LogP contribution < -0.4 is 0 Å². The van der Waals surface area contributed by atoms with Crippen molar-refractivity contribution in [2.75, 3.05) is 6.54 Å². The van der Waals surface area contributed by atoms with E-state index in [1.165, 1.54) is 0 Å². The molecule has 1 N–H and O–H groups in total. The van der Waals surface area contributed by atoms with Gasteiger partial charge in [-0.1, -0.05) is 19.0 Å². The number of nitrogens with one attached hydrogen (secondary N) is 1. The summed E-state index contributed by atoms with van der Waals surface area (Å²) in [6.07, 6.45) is 5.87. The van der Waals surface area contributed by atoms with Gasteiger partial charge >= 0.3 is 0 Å². The second-order valence-corrected chi connectivity index (χ2v) is 6.47. The minimum atomic E-state index is -0.260. The lowest BCUT2D eigenvalue weighted by molar-refractivity contribution is 0.0679. The van der Waals surface area contributed by atoms with Crippen molar-refractivity contribution in [1.82, 2.24) is 25.0 Å². The first kappa shape index (κ1) is 15.6. The average molecular weight is 337 g/mol. The van der Waals surface area contributed by atoms with Gasteiger partial charge in [-0.3, -0.25) is 9.78 Å². The van der Waals surface area contributed by atoms with E-state index < -0.39 is 0 Å². The maximum absolute atomic E-state index is 13.1. The van der Waals surface area contributed by atoms with Crippen molar-refractivity contribution in [2.24, 2.45) is 0 Å². The lowest BCUT2D eigenvalue weighted by Crippen LogP contribution is -2.41. The molecule has 3 aromatic rings. The largest absolute Gasteiger partial charge is 0.360 e. The molecule has 0 radical (unpaired) electrons. The lowest BCUT2D eigenvalue weighted by atomic mass is 9.96. The molecule has 0 spiro atoms. The van der Waals surface area contributed by atoms with Crippen molar-refractivity contribution in [1.29, 1.82) is 0 Å². The van der Waals surface area contributed by atoms with Crippen LogP contribution in [-0.2, 0) is 6.42 Å². The van der Waals surface area contributed by atoms with Gasteiger partial charge in [-0.25, -0.2) is 4.98 Å². The number of nitrogens with zero attached hydrogens (tertiary/aromatic N) is 4. The van der Waals surface area contributed by atoms with E-state index in [4.69, 9.17) is 4.52 Å². The van der Waals surface area contributed by atoms with E-state index >= 15 is 0 Å². The zero-order valence-electron chi connectivity index (χ0n) is 14.1. The second kappa shape index (κ2) is 6.16. The summed E-state index contributed by atoms with van der Waals surface area (Å²) in [5, 5.41) is 3.98. The third-order valence-corrected chi connectivity index (χ3v) is 4.52. The van der Waals surface area contributed by atoms with E-state index in [2.05, 4.69) is 20.1 Å². The van der Waals surface area contributed by atoms with Gasteiger partial charge in [-0.05, 0) is 17.7 Å². The number of carbonyl (C=O) groups is 1. The van der Waals surface area contributed by atoms with Crippen LogP contribution in [0.4, 0.5) is 0 Å². The number of aromatic nitrogens is 4. The molecule has 0 aromatic carbocycles. The minimum Gasteiger partial charge on any atom is -0.360 e. The van der Waals surface area contributed by atoms with Gasteiger partial charge < -0.3 is 14.4 Å². The molecule has 7 heteroatoms. The molecule has 0 saturated carbocycles. The number of pyridine rings is 1. The Morgan fingerprint density at radius 1 is 1.36 bits per heavy atom. The molecule has 0 aliphatic carbocycles. The first-order valence-electron chi connectivity index (χ1n) is 8.34. The fourth-order valence-corrected chi connectivity index (χ4v) is 3.19. The molecule has 1 amide bonds. The quantitative estimate of drug-likeness (QED) is 0.794. The lowest BCUT2D eigenvalue weighted by Gasteiger charge is -2.34. The molecular formula is C18H19N5O2. The number of aromatic amines is 1. The zero-order chi connectivity index (χ0) is 17.4. The molecule has 0 bridgehead atoms. The maximum Gasteiger partial charge on any atom is 0.276 e. The Morgan fingerprint density at radius 3 is 2.88 bits per heavy atom. The SMILES string of the molecule is CC(C)c1cc(C(=O)N2CCc3[nH]cnc3C2c2ccncc2)no1. The van der Waals surface area contributed by atoms with Crippen molar-refractivity contribution in [3.8, 4) is 0 Å². The summed E-state index contributed by atoms with van der Waals surface area (Å²) in [5.74, 6) is 0.747. The maximum atomic E-state index is 13.1. The molecule has 7 nitrogen and oxygen atoms in total. The highest BCUT2D eigenvalue weighted by Crippen LogP contribution is 2.34. The summed E-state index contributed by atoms with van der Waals surface area (Å²) in [6, 6.07) is 5.30. The minimum absolute atomic E-state index is 0.147. The Morgan fingerprint density at radius 2 is 2.16 bits per heavy atom. The summed E-state index contributed by atoms with van der Waals surface area (Å²) in [7, 11) is 0. The molecular weight excluding hydrogens is 318 g/mol. The van der Waals surface area contributed by atoms with Gasteiger partial charge in [0.15, 0.2) is 5.69 Å². The third-order valence-electron chi connectivity index (χ3n) is 4.52. The molecule has 3 aromatic heterocycles. The normalized spacial score (nSPS) is 16.9. The van der Waals surface area contributed by atoms with E-state index in [9.17, 15) is 4.79 Å². The number of imidazole rings is 1. The number of hydrogen-bond donors (Lipinski definition) is 1. The molecule has 0 fully saturated rings. The number of fused-ring (bicyclic) bond motifs is 1. The third kappa shape index (κ3) is 2.71. The molecule has 1 aliphatic rings. The second-order valence-electron chi connectivity index (χ2n) is 6.47. The van der Waals surface area contributed by atoms with Crippen LogP contribution >= 0.6 is 0 Å². The first-order chi connectivity index (χ1) is 12.1. The Balaban J connectivity index is 1.73. The molecule has 1 unspecified atom stereocenters. The summed E-state index contributed by atoms with van der Waals surface area (Å²) >= 11 is 0. The standard InChI is InChI=1S/C18H19N5O2/c1-11(2)15-9-14(22-25-15)18(24)23-8-5-13-16(21-10-20-13)17(23)12-3-6-19-7-4-12/h3-4,6-7,9-11,17H,5,8H2,1-2H3,(H,20,21). The summed E-state index contributed by atoms with van der Waals surface area (Å²) in [5.41, 5.74) is 3.25. The smallest absolute Gasteiger partial charge is 0.276 e. The van der Waals surface area contributed by atoms with Gasteiger partial charge in [0, 0.05) is 43.0 Å². The summed E-state index contributed by atoms with van der Waals surface area (Å²) in [4.78, 5) is 26.6. The molecule has 25 heavy (non-hydrogen) atoms.